The Morgan fingerprint density at radius 3 is 2.89 bits per heavy atom. The zero-order chi connectivity index (χ0) is 13.2. The van der Waals surface area contributed by atoms with Gasteiger partial charge in [-0.3, -0.25) is 9.59 Å². The number of hydrogen-bond acceptors (Lipinski definition) is 3. The van der Waals surface area contributed by atoms with E-state index in [0.717, 1.165) is 11.3 Å². The largest absolute Gasteiger partial charge is 0.491 e. The second-order valence-corrected chi connectivity index (χ2v) is 4.32. The minimum absolute atomic E-state index is 0.157. The molecule has 5 heteroatoms. The van der Waals surface area contributed by atoms with Crippen molar-refractivity contribution in [3.8, 4) is 5.75 Å². The first kappa shape index (κ1) is 11.5. The van der Waals surface area contributed by atoms with E-state index in [1.54, 1.807) is 0 Å². The number of amides is 1. The van der Waals surface area contributed by atoms with Crippen molar-refractivity contribution in [1.82, 2.24) is 10.3 Å². The maximum atomic E-state index is 12.0. The van der Waals surface area contributed by atoms with Crippen molar-refractivity contribution in [3.05, 3.63) is 64.1 Å². The minimum Gasteiger partial charge on any atom is -0.491 e. The second-order valence-electron chi connectivity index (χ2n) is 4.32. The highest BCUT2D eigenvalue weighted by molar-refractivity contribution is 5.94. The van der Waals surface area contributed by atoms with E-state index < -0.39 is 0 Å². The van der Waals surface area contributed by atoms with Crippen LogP contribution in [-0.2, 0) is 0 Å². The lowest BCUT2D eigenvalue weighted by atomic mass is 10.1. The van der Waals surface area contributed by atoms with Crippen LogP contribution in [0.25, 0.3) is 0 Å². The Labute approximate surface area is 109 Å². The molecule has 3 rings (SSSR count). The average Bonchev–Trinajstić information content (AvgIpc) is 2.83. The van der Waals surface area contributed by atoms with Crippen molar-refractivity contribution in [2.75, 3.05) is 6.61 Å². The Kier molecular flexibility index (Phi) is 2.79. The quantitative estimate of drug-likeness (QED) is 0.849. The standard InChI is InChI=1S/C14H12N2O3/c17-13-6-5-9(7-15-13)14(18)16-11-8-19-12-4-2-1-3-10(11)12/h1-7,11H,8H2,(H,15,17)(H,16,18)/t11-/m1/s1. The molecule has 1 atom stereocenters. The van der Waals surface area contributed by atoms with Crippen LogP contribution >= 0.6 is 0 Å². The van der Waals surface area contributed by atoms with E-state index in [0.29, 0.717) is 12.2 Å². The van der Waals surface area contributed by atoms with Gasteiger partial charge >= 0.3 is 0 Å². The Bertz CT molecular complexity index is 658. The molecule has 0 spiro atoms. The van der Waals surface area contributed by atoms with Gasteiger partial charge in [0.1, 0.15) is 12.4 Å². The number of nitrogens with one attached hydrogen (secondary N) is 2. The van der Waals surface area contributed by atoms with Gasteiger partial charge in [0.05, 0.1) is 11.6 Å². The second kappa shape index (κ2) is 4.61. The molecular weight excluding hydrogens is 244 g/mol. The number of aromatic amines is 1. The molecule has 0 aliphatic carbocycles. The number of carbonyl (C=O) groups excluding carboxylic acids is 1. The molecule has 1 aromatic carbocycles. The molecule has 96 valence electrons. The number of carbonyl (C=O) groups is 1. The molecule has 2 aromatic rings. The lowest BCUT2D eigenvalue weighted by Crippen LogP contribution is -2.29. The zero-order valence-corrected chi connectivity index (χ0v) is 10.1. The van der Waals surface area contributed by atoms with Crippen molar-refractivity contribution in [2.45, 2.75) is 6.04 Å². The Hall–Kier alpha value is -2.56. The predicted molar refractivity (Wildman–Crippen MR) is 69.2 cm³/mol. The van der Waals surface area contributed by atoms with Crippen LogP contribution in [0.1, 0.15) is 22.0 Å². The van der Waals surface area contributed by atoms with E-state index in [2.05, 4.69) is 10.3 Å². The highest BCUT2D eigenvalue weighted by atomic mass is 16.5. The molecule has 1 amide bonds. The summed E-state index contributed by atoms with van der Waals surface area (Å²) in [6, 6.07) is 10.3. The number of H-pyrrole nitrogens is 1. The fourth-order valence-corrected chi connectivity index (χ4v) is 2.08. The van der Waals surface area contributed by atoms with Gasteiger partial charge in [-0.05, 0) is 12.1 Å². The van der Waals surface area contributed by atoms with E-state index in [4.69, 9.17) is 4.74 Å². The molecule has 2 heterocycles. The fourth-order valence-electron chi connectivity index (χ4n) is 2.08. The van der Waals surface area contributed by atoms with E-state index in [-0.39, 0.29) is 17.5 Å². The molecule has 0 fully saturated rings. The first-order valence-electron chi connectivity index (χ1n) is 5.95. The number of benzene rings is 1. The van der Waals surface area contributed by atoms with Crippen LogP contribution in [0.3, 0.4) is 0 Å². The van der Waals surface area contributed by atoms with Gasteiger partial charge in [-0.25, -0.2) is 0 Å². The van der Waals surface area contributed by atoms with E-state index >= 15 is 0 Å². The molecular formula is C14H12N2O3. The summed E-state index contributed by atoms with van der Waals surface area (Å²) in [6.45, 7) is 0.425. The molecule has 2 N–H and O–H groups in total. The number of ether oxygens (including phenoxy) is 1. The van der Waals surface area contributed by atoms with Gasteiger partial charge in [0.2, 0.25) is 5.56 Å². The van der Waals surface area contributed by atoms with Gasteiger partial charge in [-0.15, -0.1) is 0 Å². The summed E-state index contributed by atoms with van der Waals surface area (Å²) >= 11 is 0. The molecule has 0 unspecified atom stereocenters. The van der Waals surface area contributed by atoms with Crippen LogP contribution in [0.5, 0.6) is 5.75 Å². The van der Waals surface area contributed by atoms with Crippen LogP contribution in [0.2, 0.25) is 0 Å². The molecule has 0 bridgehead atoms. The smallest absolute Gasteiger partial charge is 0.253 e. The maximum Gasteiger partial charge on any atom is 0.253 e. The molecule has 1 aromatic heterocycles. The molecule has 0 saturated carbocycles. The molecule has 0 radical (unpaired) electrons. The lowest BCUT2D eigenvalue weighted by Gasteiger charge is -2.11. The van der Waals surface area contributed by atoms with Crippen LogP contribution in [0, 0.1) is 0 Å². The van der Waals surface area contributed by atoms with E-state index in [9.17, 15) is 9.59 Å². The summed E-state index contributed by atoms with van der Waals surface area (Å²) in [5, 5.41) is 2.88. The highest BCUT2D eigenvalue weighted by Gasteiger charge is 2.25. The summed E-state index contributed by atoms with van der Waals surface area (Å²) < 4.78 is 5.49. The van der Waals surface area contributed by atoms with Gasteiger partial charge in [-0.1, -0.05) is 18.2 Å². The fraction of sp³-hybridized carbons (Fsp3) is 0.143. The predicted octanol–water partition coefficient (Wildman–Crippen LogP) is 1.24. The summed E-state index contributed by atoms with van der Waals surface area (Å²) in [7, 11) is 0. The number of rotatable bonds is 2. The number of fused-ring (bicyclic) bond motifs is 1. The lowest BCUT2D eigenvalue weighted by molar-refractivity contribution is 0.0930. The monoisotopic (exact) mass is 256 g/mol. The molecule has 1 aliphatic rings. The van der Waals surface area contributed by atoms with Crippen LogP contribution in [0.15, 0.2) is 47.4 Å². The van der Waals surface area contributed by atoms with Gasteiger partial charge in [0, 0.05) is 17.8 Å². The average molecular weight is 256 g/mol. The van der Waals surface area contributed by atoms with Crippen molar-refractivity contribution in [3.63, 3.8) is 0 Å². The Balaban J connectivity index is 1.78. The van der Waals surface area contributed by atoms with Crippen molar-refractivity contribution in [1.29, 1.82) is 0 Å². The normalized spacial score (nSPS) is 16.5. The SMILES string of the molecule is O=C(N[C@@H]1COc2ccccc21)c1ccc(=O)[nH]c1. The first-order valence-corrected chi connectivity index (χ1v) is 5.95. The number of para-hydroxylation sites is 1. The molecule has 5 nitrogen and oxygen atoms in total. The topological polar surface area (TPSA) is 71.2 Å². The van der Waals surface area contributed by atoms with Crippen LogP contribution in [0.4, 0.5) is 0 Å². The van der Waals surface area contributed by atoms with Crippen LogP contribution in [-0.4, -0.2) is 17.5 Å². The zero-order valence-electron chi connectivity index (χ0n) is 10.1. The summed E-state index contributed by atoms with van der Waals surface area (Å²) in [6.07, 6.45) is 1.40. The Morgan fingerprint density at radius 1 is 1.26 bits per heavy atom. The van der Waals surface area contributed by atoms with Crippen molar-refractivity contribution in [2.24, 2.45) is 0 Å². The maximum absolute atomic E-state index is 12.0. The number of aromatic nitrogens is 1. The van der Waals surface area contributed by atoms with Gasteiger partial charge in [0.25, 0.3) is 5.91 Å². The van der Waals surface area contributed by atoms with E-state index in [1.807, 2.05) is 24.3 Å². The summed E-state index contributed by atoms with van der Waals surface area (Å²) in [5.41, 5.74) is 1.16. The van der Waals surface area contributed by atoms with Gasteiger partial charge < -0.3 is 15.0 Å². The highest BCUT2D eigenvalue weighted by Crippen LogP contribution is 2.31. The number of hydrogen-bond donors (Lipinski definition) is 2. The first-order chi connectivity index (χ1) is 9.24. The van der Waals surface area contributed by atoms with Gasteiger partial charge in [0.15, 0.2) is 0 Å². The Morgan fingerprint density at radius 2 is 2.11 bits per heavy atom. The molecule has 1 aliphatic heterocycles. The van der Waals surface area contributed by atoms with Gasteiger partial charge in [-0.2, -0.15) is 0 Å². The minimum atomic E-state index is -0.235. The molecule has 19 heavy (non-hydrogen) atoms. The van der Waals surface area contributed by atoms with Crippen molar-refractivity contribution < 1.29 is 9.53 Å². The summed E-state index contributed by atoms with van der Waals surface area (Å²) in [4.78, 5) is 25.5. The van der Waals surface area contributed by atoms with E-state index in [1.165, 1.54) is 18.3 Å². The third kappa shape index (κ3) is 2.22. The third-order valence-electron chi connectivity index (χ3n) is 3.05. The van der Waals surface area contributed by atoms with Crippen LogP contribution < -0.4 is 15.6 Å². The number of pyridine rings is 1. The summed E-state index contributed by atoms with van der Waals surface area (Å²) in [5.74, 6) is 0.566. The molecule has 0 saturated heterocycles. The third-order valence-corrected chi connectivity index (χ3v) is 3.05. The van der Waals surface area contributed by atoms with Crippen molar-refractivity contribution >= 4 is 5.91 Å².